The molecule has 0 saturated carbocycles. The Morgan fingerprint density at radius 3 is 2.85 bits per heavy atom. The monoisotopic (exact) mass is 524 g/mol. The summed E-state index contributed by atoms with van der Waals surface area (Å²) in [6.07, 6.45) is 1.84. The molecule has 0 spiro atoms. The zero-order valence-electron chi connectivity index (χ0n) is 14.3. The first kappa shape index (κ1) is 21.6. The van der Waals surface area contributed by atoms with Gasteiger partial charge in [0, 0.05) is 21.7 Å². The van der Waals surface area contributed by atoms with Gasteiger partial charge in [-0.15, -0.1) is 0 Å². The van der Waals surface area contributed by atoms with Gasteiger partial charge < -0.3 is 9.64 Å². The maximum absolute atomic E-state index is 12.6. The molecule has 9 heteroatoms. The Labute approximate surface area is 181 Å². The number of likely N-dealkylation sites (N-methyl/N-ethyl adjacent to an activating group) is 1. The van der Waals surface area contributed by atoms with E-state index in [9.17, 15) is 9.59 Å². The van der Waals surface area contributed by atoms with E-state index < -0.39 is 0 Å². The summed E-state index contributed by atoms with van der Waals surface area (Å²) in [7, 11) is 3.81. The molecule has 1 aliphatic heterocycles. The normalized spacial score (nSPS) is 16.0. The van der Waals surface area contributed by atoms with Crippen molar-refractivity contribution in [1.29, 1.82) is 0 Å². The van der Waals surface area contributed by atoms with Gasteiger partial charge >= 0.3 is 5.97 Å². The van der Waals surface area contributed by atoms with Gasteiger partial charge in [0.05, 0.1) is 11.3 Å². The molecular weight excluding hydrogens is 507 g/mol. The molecule has 1 aromatic carbocycles. The predicted octanol–water partition coefficient (Wildman–Crippen LogP) is 3.64. The lowest BCUT2D eigenvalue weighted by Crippen LogP contribution is -2.31. The van der Waals surface area contributed by atoms with Gasteiger partial charge in [-0.05, 0) is 60.5 Å². The third kappa shape index (κ3) is 6.19. The average Bonchev–Trinajstić information content (AvgIpc) is 2.81. The van der Waals surface area contributed by atoms with Crippen LogP contribution in [0, 0.1) is 3.57 Å². The van der Waals surface area contributed by atoms with Crippen LogP contribution in [0.2, 0.25) is 5.02 Å². The molecule has 0 radical (unpaired) electrons. The van der Waals surface area contributed by atoms with Gasteiger partial charge in [-0.1, -0.05) is 41.6 Å². The van der Waals surface area contributed by atoms with Gasteiger partial charge in [0.1, 0.15) is 10.9 Å². The lowest BCUT2D eigenvalue weighted by molar-refractivity contribution is -0.144. The van der Waals surface area contributed by atoms with Crippen molar-refractivity contribution in [2.75, 3.05) is 33.8 Å². The highest BCUT2D eigenvalue weighted by Crippen LogP contribution is 2.34. The Morgan fingerprint density at radius 1 is 1.46 bits per heavy atom. The van der Waals surface area contributed by atoms with Crippen LogP contribution in [0.5, 0.6) is 0 Å². The largest absolute Gasteiger partial charge is 0.464 e. The Kier molecular flexibility index (Phi) is 8.34. The van der Waals surface area contributed by atoms with E-state index in [2.05, 4.69) is 22.6 Å². The highest BCUT2D eigenvalue weighted by Gasteiger charge is 2.32. The van der Waals surface area contributed by atoms with Gasteiger partial charge in [0.2, 0.25) is 0 Å². The van der Waals surface area contributed by atoms with Crippen LogP contribution in [0.25, 0.3) is 6.08 Å². The van der Waals surface area contributed by atoms with Crippen molar-refractivity contribution in [1.82, 2.24) is 9.80 Å². The van der Waals surface area contributed by atoms with Crippen molar-refractivity contribution < 1.29 is 14.3 Å². The third-order valence-electron chi connectivity index (χ3n) is 3.46. The summed E-state index contributed by atoms with van der Waals surface area (Å²) in [4.78, 5) is 28.2. The maximum Gasteiger partial charge on any atom is 0.307 e. The number of halogens is 2. The van der Waals surface area contributed by atoms with Crippen LogP contribution in [0.15, 0.2) is 23.1 Å². The minimum Gasteiger partial charge on any atom is -0.464 e. The fourth-order valence-corrected chi connectivity index (χ4v) is 4.28. The Hall–Kier alpha value is -0.680. The number of ether oxygens (including phenoxy) is 1. The van der Waals surface area contributed by atoms with Crippen molar-refractivity contribution in [2.24, 2.45) is 0 Å². The van der Waals surface area contributed by atoms with Crippen molar-refractivity contribution in [3.63, 3.8) is 0 Å². The van der Waals surface area contributed by atoms with Crippen LogP contribution in [-0.4, -0.2) is 59.8 Å². The summed E-state index contributed by atoms with van der Waals surface area (Å²) in [6, 6.07) is 5.61. The first-order chi connectivity index (χ1) is 12.3. The number of amides is 1. The number of thioether (sulfide) groups is 1. The molecule has 1 amide bonds. The highest BCUT2D eigenvalue weighted by molar-refractivity contribution is 14.1. The first-order valence-corrected chi connectivity index (χ1v) is 10.5. The number of carbonyl (C=O) groups excluding carboxylic acids is 2. The topological polar surface area (TPSA) is 49.9 Å². The molecule has 1 heterocycles. The maximum atomic E-state index is 12.6. The second-order valence-electron chi connectivity index (χ2n) is 5.77. The summed E-state index contributed by atoms with van der Waals surface area (Å²) in [5, 5.41) is 0.576. The fourth-order valence-electron chi connectivity index (χ4n) is 2.07. The van der Waals surface area contributed by atoms with Crippen LogP contribution >= 0.6 is 58.2 Å². The predicted molar refractivity (Wildman–Crippen MR) is 118 cm³/mol. The van der Waals surface area contributed by atoms with E-state index in [1.165, 1.54) is 16.7 Å². The molecule has 0 aliphatic carbocycles. The van der Waals surface area contributed by atoms with Gasteiger partial charge in [-0.2, -0.15) is 0 Å². The number of rotatable bonds is 7. The molecular formula is C17H18ClIN2O3S2. The van der Waals surface area contributed by atoms with Crippen molar-refractivity contribution in [3.8, 4) is 0 Å². The second-order valence-corrected chi connectivity index (χ2v) is 9.10. The number of carbonyl (C=O) groups is 2. The zero-order chi connectivity index (χ0) is 19.3. The SMILES string of the molecule is CN(C)CCOC(=O)CCN1C(=O)/C(=C/c2ccc(I)cc2Cl)SC1=S. The minimum absolute atomic E-state index is 0.109. The molecule has 5 nitrogen and oxygen atoms in total. The van der Waals surface area contributed by atoms with Gasteiger partial charge in [0.25, 0.3) is 5.91 Å². The number of nitrogens with zero attached hydrogens (tertiary/aromatic N) is 2. The van der Waals surface area contributed by atoms with E-state index in [0.29, 0.717) is 27.4 Å². The van der Waals surface area contributed by atoms with Gasteiger partial charge in [0.15, 0.2) is 0 Å². The minimum atomic E-state index is -0.342. The van der Waals surface area contributed by atoms with Crippen LogP contribution in [0.4, 0.5) is 0 Å². The van der Waals surface area contributed by atoms with Crippen molar-refractivity contribution >= 4 is 80.4 Å². The number of hydrogen-bond acceptors (Lipinski definition) is 6. The van der Waals surface area contributed by atoms with E-state index in [-0.39, 0.29) is 24.8 Å². The summed E-state index contributed by atoms with van der Waals surface area (Å²) in [6.45, 7) is 1.20. The molecule has 1 fully saturated rings. The zero-order valence-corrected chi connectivity index (χ0v) is 18.9. The van der Waals surface area contributed by atoms with E-state index in [1.54, 1.807) is 6.08 Å². The van der Waals surface area contributed by atoms with E-state index in [1.807, 2.05) is 37.2 Å². The third-order valence-corrected chi connectivity index (χ3v) is 5.84. The molecule has 1 saturated heterocycles. The van der Waals surface area contributed by atoms with Crippen LogP contribution in [0.3, 0.4) is 0 Å². The Morgan fingerprint density at radius 2 is 2.19 bits per heavy atom. The second kappa shape index (κ2) is 10.0. The van der Waals surface area contributed by atoms with Crippen LogP contribution in [0.1, 0.15) is 12.0 Å². The van der Waals surface area contributed by atoms with Crippen molar-refractivity contribution in [2.45, 2.75) is 6.42 Å². The highest BCUT2D eigenvalue weighted by atomic mass is 127. The number of thiocarbonyl (C=S) groups is 1. The fraction of sp³-hybridized carbons (Fsp3) is 0.353. The summed E-state index contributed by atoms with van der Waals surface area (Å²) >= 11 is 14.9. The molecule has 26 heavy (non-hydrogen) atoms. The molecule has 0 atom stereocenters. The number of esters is 1. The van der Waals surface area contributed by atoms with E-state index in [0.717, 1.165) is 9.13 Å². The summed E-state index contributed by atoms with van der Waals surface area (Å²) in [5.74, 6) is -0.554. The lowest BCUT2D eigenvalue weighted by Gasteiger charge is -2.14. The standard InChI is InChI=1S/C17H18ClIN2O3S2/c1-20(2)7-8-24-15(22)5-6-21-16(23)14(26-17(21)25)9-11-3-4-12(19)10-13(11)18/h3-4,9-10H,5-8H2,1-2H3/b14-9-. The Bertz CT molecular complexity index is 756. The van der Waals surface area contributed by atoms with Crippen LogP contribution < -0.4 is 0 Å². The van der Waals surface area contributed by atoms with E-state index in [4.69, 9.17) is 28.6 Å². The lowest BCUT2D eigenvalue weighted by atomic mass is 10.2. The molecule has 0 unspecified atom stereocenters. The van der Waals surface area contributed by atoms with E-state index >= 15 is 0 Å². The molecule has 1 aromatic rings. The van der Waals surface area contributed by atoms with Crippen LogP contribution in [-0.2, 0) is 14.3 Å². The molecule has 0 aromatic heterocycles. The molecule has 2 rings (SSSR count). The molecule has 140 valence electrons. The Balaban J connectivity index is 1.96. The van der Waals surface area contributed by atoms with Gasteiger partial charge in [-0.25, -0.2) is 0 Å². The number of benzene rings is 1. The van der Waals surface area contributed by atoms with Crippen molar-refractivity contribution in [3.05, 3.63) is 37.3 Å². The molecule has 0 bridgehead atoms. The first-order valence-electron chi connectivity index (χ1n) is 7.78. The molecule has 1 aliphatic rings. The average molecular weight is 525 g/mol. The van der Waals surface area contributed by atoms with Gasteiger partial charge in [-0.3, -0.25) is 14.5 Å². The summed E-state index contributed by atoms with van der Waals surface area (Å²) in [5.41, 5.74) is 0.760. The quantitative estimate of drug-likeness (QED) is 0.235. The summed E-state index contributed by atoms with van der Waals surface area (Å²) < 4.78 is 6.58. The number of hydrogen-bond donors (Lipinski definition) is 0. The smallest absolute Gasteiger partial charge is 0.307 e. The molecule has 0 N–H and O–H groups in total.